The van der Waals surface area contributed by atoms with Crippen molar-refractivity contribution in [3.8, 4) is 0 Å². The van der Waals surface area contributed by atoms with E-state index in [4.69, 9.17) is 0 Å². The summed E-state index contributed by atoms with van der Waals surface area (Å²) in [5.74, 6) is -0.743. The third-order valence-corrected chi connectivity index (χ3v) is 3.08. The van der Waals surface area contributed by atoms with E-state index < -0.39 is 0 Å². The maximum absolute atomic E-state index is 12.0. The molecule has 0 aliphatic carbocycles. The molecule has 0 unspecified atom stereocenters. The number of rotatable bonds is 1. The van der Waals surface area contributed by atoms with Crippen LogP contribution in [0.3, 0.4) is 0 Å². The molecule has 2 heterocycles. The summed E-state index contributed by atoms with van der Waals surface area (Å²) >= 11 is 0. The highest BCUT2D eigenvalue weighted by Crippen LogP contribution is 2.25. The van der Waals surface area contributed by atoms with Gasteiger partial charge in [-0.25, -0.2) is 0 Å². The Kier molecular flexibility index (Phi) is 2.52. The molecule has 0 fully saturated rings. The van der Waals surface area contributed by atoms with Crippen LogP contribution in [0.2, 0.25) is 0 Å². The average molecular weight is 253 g/mol. The van der Waals surface area contributed by atoms with Crippen LogP contribution >= 0.6 is 0 Å². The Balaban J connectivity index is 2.19. The fraction of sp³-hybridized carbons (Fsp3) is 0.0714. The van der Waals surface area contributed by atoms with Crippen molar-refractivity contribution >= 4 is 23.5 Å². The van der Waals surface area contributed by atoms with E-state index in [2.05, 4.69) is 10.4 Å². The number of fused-ring (bicyclic) bond motifs is 1. The van der Waals surface area contributed by atoms with E-state index in [-0.39, 0.29) is 11.8 Å². The van der Waals surface area contributed by atoms with E-state index in [0.717, 1.165) is 5.69 Å². The van der Waals surface area contributed by atoms with Gasteiger partial charge in [0.15, 0.2) is 0 Å². The summed E-state index contributed by atoms with van der Waals surface area (Å²) in [6.07, 6.45) is 3.39. The monoisotopic (exact) mass is 253 g/mol. The van der Waals surface area contributed by atoms with Crippen LogP contribution in [-0.4, -0.2) is 21.6 Å². The van der Waals surface area contributed by atoms with Gasteiger partial charge in [-0.3, -0.25) is 19.6 Å². The maximum atomic E-state index is 12.0. The van der Waals surface area contributed by atoms with Crippen molar-refractivity contribution in [3.63, 3.8) is 0 Å². The van der Waals surface area contributed by atoms with E-state index in [9.17, 15) is 9.59 Å². The minimum absolute atomic E-state index is 0.359. The van der Waals surface area contributed by atoms with Gasteiger partial charge in [-0.15, -0.1) is 0 Å². The quantitative estimate of drug-likeness (QED) is 0.614. The van der Waals surface area contributed by atoms with Crippen LogP contribution in [0.1, 0.15) is 21.6 Å². The SMILES string of the molecule is Cn1nccc1C=C1C(=O)NC(=O)c2ccccc21. The number of carbonyl (C=O) groups excluding carboxylic acids is 2. The minimum atomic E-state index is -0.384. The number of imide groups is 1. The van der Waals surface area contributed by atoms with E-state index in [1.165, 1.54) is 0 Å². The van der Waals surface area contributed by atoms with Gasteiger partial charge >= 0.3 is 0 Å². The second-order valence-electron chi connectivity index (χ2n) is 4.27. The number of hydrogen-bond acceptors (Lipinski definition) is 3. The largest absolute Gasteiger partial charge is 0.288 e. The van der Waals surface area contributed by atoms with Crippen molar-refractivity contribution in [2.75, 3.05) is 0 Å². The van der Waals surface area contributed by atoms with Crippen molar-refractivity contribution in [2.45, 2.75) is 0 Å². The molecule has 3 rings (SSSR count). The topological polar surface area (TPSA) is 64.0 Å². The van der Waals surface area contributed by atoms with Crippen LogP contribution in [0.25, 0.3) is 11.6 Å². The molecule has 2 aromatic rings. The molecule has 2 amide bonds. The summed E-state index contributed by atoms with van der Waals surface area (Å²) in [5.41, 5.74) is 2.43. The molecule has 1 N–H and O–H groups in total. The molecule has 1 aromatic heterocycles. The lowest BCUT2D eigenvalue weighted by molar-refractivity contribution is -0.114. The van der Waals surface area contributed by atoms with Gasteiger partial charge < -0.3 is 0 Å². The van der Waals surface area contributed by atoms with Gasteiger partial charge in [-0.2, -0.15) is 5.10 Å². The van der Waals surface area contributed by atoms with Gasteiger partial charge in [0.1, 0.15) is 0 Å². The molecule has 0 saturated carbocycles. The second-order valence-corrected chi connectivity index (χ2v) is 4.27. The van der Waals surface area contributed by atoms with E-state index in [0.29, 0.717) is 16.7 Å². The number of benzene rings is 1. The number of nitrogens with zero attached hydrogens (tertiary/aromatic N) is 2. The predicted molar refractivity (Wildman–Crippen MR) is 70.0 cm³/mol. The normalized spacial score (nSPS) is 16.4. The van der Waals surface area contributed by atoms with E-state index in [1.54, 1.807) is 48.3 Å². The Morgan fingerprint density at radius 3 is 2.53 bits per heavy atom. The lowest BCUT2D eigenvalue weighted by atomic mass is 9.94. The molecule has 0 bridgehead atoms. The summed E-state index contributed by atoms with van der Waals surface area (Å²) in [6, 6.07) is 8.86. The number of nitrogens with one attached hydrogen (secondary N) is 1. The molecule has 0 atom stereocenters. The third kappa shape index (κ3) is 1.85. The Labute approximate surface area is 109 Å². The lowest BCUT2D eigenvalue weighted by Gasteiger charge is -2.17. The Bertz CT molecular complexity index is 713. The molecule has 1 aromatic carbocycles. The van der Waals surface area contributed by atoms with Crippen LogP contribution in [0.4, 0.5) is 0 Å². The Morgan fingerprint density at radius 1 is 1.11 bits per heavy atom. The first kappa shape index (κ1) is 11.4. The van der Waals surface area contributed by atoms with Crippen LogP contribution in [0.5, 0.6) is 0 Å². The summed E-state index contributed by atoms with van der Waals surface area (Å²) in [7, 11) is 1.80. The number of carbonyl (C=O) groups is 2. The minimum Gasteiger partial charge on any atom is -0.288 e. The molecule has 0 radical (unpaired) electrons. The van der Waals surface area contributed by atoms with Crippen LogP contribution in [0, 0.1) is 0 Å². The van der Waals surface area contributed by atoms with E-state index >= 15 is 0 Å². The summed E-state index contributed by atoms with van der Waals surface area (Å²) in [4.78, 5) is 23.7. The van der Waals surface area contributed by atoms with Crippen LogP contribution in [-0.2, 0) is 11.8 Å². The highest BCUT2D eigenvalue weighted by atomic mass is 16.2. The molecular weight excluding hydrogens is 242 g/mol. The first-order chi connectivity index (χ1) is 9.16. The molecule has 5 heteroatoms. The molecule has 1 aliphatic rings. The Morgan fingerprint density at radius 2 is 1.84 bits per heavy atom. The highest BCUT2D eigenvalue weighted by Gasteiger charge is 2.26. The fourth-order valence-corrected chi connectivity index (χ4v) is 2.09. The molecule has 1 aliphatic heterocycles. The average Bonchev–Trinajstić information content (AvgIpc) is 2.80. The van der Waals surface area contributed by atoms with Crippen molar-refractivity contribution in [2.24, 2.45) is 7.05 Å². The van der Waals surface area contributed by atoms with E-state index in [1.807, 2.05) is 6.07 Å². The van der Waals surface area contributed by atoms with Gasteiger partial charge in [0.05, 0.1) is 5.69 Å². The Hall–Kier alpha value is -2.69. The third-order valence-electron chi connectivity index (χ3n) is 3.08. The van der Waals surface area contributed by atoms with Gasteiger partial charge in [-0.05, 0) is 18.2 Å². The number of aryl methyl sites for hydroxylation is 1. The van der Waals surface area contributed by atoms with Gasteiger partial charge in [0.25, 0.3) is 11.8 Å². The number of amides is 2. The van der Waals surface area contributed by atoms with Crippen molar-refractivity contribution in [3.05, 3.63) is 53.3 Å². The van der Waals surface area contributed by atoms with Crippen LogP contribution in [0.15, 0.2) is 36.5 Å². The zero-order valence-corrected chi connectivity index (χ0v) is 10.3. The molecule has 0 spiro atoms. The standard InChI is InChI=1S/C14H11N3O2/c1-17-9(6-7-15-17)8-12-10-4-2-3-5-11(10)13(18)16-14(12)19/h2-8H,1H3,(H,16,18,19). The molecule has 19 heavy (non-hydrogen) atoms. The van der Waals surface area contributed by atoms with Crippen molar-refractivity contribution < 1.29 is 9.59 Å². The zero-order chi connectivity index (χ0) is 13.4. The highest BCUT2D eigenvalue weighted by molar-refractivity contribution is 6.33. The first-order valence-corrected chi connectivity index (χ1v) is 5.81. The second kappa shape index (κ2) is 4.20. The molecule has 0 saturated heterocycles. The number of hydrogen-bond donors (Lipinski definition) is 1. The lowest BCUT2D eigenvalue weighted by Crippen LogP contribution is -2.36. The summed E-state index contributed by atoms with van der Waals surface area (Å²) in [6.45, 7) is 0. The molecule has 5 nitrogen and oxygen atoms in total. The van der Waals surface area contributed by atoms with Crippen LogP contribution < -0.4 is 5.32 Å². The van der Waals surface area contributed by atoms with Crippen molar-refractivity contribution in [1.82, 2.24) is 15.1 Å². The van der Waals surface area contributed by atoms with Gasteiger partial charge in [0.2, 0.25) is 0 Å². The molecule has 94 valence electrons. The van der Waals surface area contributed by atoms with Crippen molar-refractivity contribution in [1.29, 1.82) is 0 Å². The smallest absolute Gasteiger partial charge is 0.258 e. The van der Waals surface area contributed by atoms with Gasteiger partial charge in [-0.1, -0.05) is 18.2 Å². The predicted octanol–water partition coefficient (Wildman–Crippen LogP) is 1.23. The van der Waals surface area contributed by atoms with Gasteiger partial charge in [0, 0.05) is 29.9 Å². The molecular formula is C14H11N3O2. The first-order valence-electron chi connectivity index (χ1n) is 5.81. The number of aromatic nitrogens is 2. The zero-order valence-electron chi connectivity index (χ0n) is 10.3. The fourth-order valence-electron chi connectivity index (χ4n) is 2.09. The summed E-state index contributed by atoms with van der Waals surface area (Å²) < 4.78 is 1.67. The summed E-state index contributed by atoms with van der Waals surface area (Å²) in [5, 5.41) is 6.39. The maximum Gasteiger partial charge on any atom is 0.258 e.